The number of amides is 3. The van der Waals surface area contributed by atoms with Crippen LogP contribution < -0.4 is 5.32 Å². The van der Waals surface area contributed by atoms with Gasteiger partial charge in [0.05, 0.1) is 36.6 Å². The quantitative estimate of drug-likeness (QED) is 0.143. The number of carbonyl (C=O) groups is 4. The molecule has 46 heavy (non-hydrogen) atoms. The van der Waals surface area contributed by atoms with Gasteiger partial charge >= 0.3 is 5.97 Å². The first-order valence-corrected chi connectivity index (χ1v) is 17.2. The Balaban J connectivity index is 1.70. The van der Waals surface area contributed by atoms with Gasteiger partial charge in [0.1, 0.15) is 18.2 Å². The van der Waals surface area contributed by atoms with Crippen molar-refractivity contribution in [2.75, 3.05) is 26.3 Å². The molecule has 1 aromatic carbocycles. The molecule has 252 valence electrons. The van der Waals surface area contributed by atoms with Crippen LogP contribution in [0.3, 0.4) is 0 Å². The molecule has 3 amide bonds. The lowest BCUT2D eigenvalue weighted by Gasteiger charge is -2.40. The Labute approximate surface area is 280 Å². The number of halogens is 1. The van der Waals surface area contributed by atoms with E-state index in [2.05, 4.69) is 34.4 Å². The zero-order valence-electron chi connectivity index (χ0n) is 27.1. The van der Waals surface area contributed by atoms with E-state index in [1.807, 2.05) is 51.1 Å². The zero-order valence-corrected chi connectivity index (χ0v) is 28.7. The largest absolute Gasteiger partial charge is 0.463 e. The van der Waals surface area contributed by atoms with E-state index >= 15 is 0 Å². The summed E-state index contributed by atoms with van der Waals surface area (Å²) in [7, 11) is 0. The van der Waals surface area contributed by atoms with Crippen LogP contribution in [0.15, 0.2) is 55.6 Å². The molecule has 0 aliphatic carbocycles. The third-order valence-corrected chi connectivity index (χ3v) is 10.3. The summed E-state index contributed by atoms with van der Waals surface area (Å²) in [6.45, 7) is 13.7. The van der Waals surface area contributed by atoms with Gasteiger partial charge in [-0.1, -0.05) is 85.6 Å². The highest BCUT2D eigenvalue weighted by Crippen LogP contribution is 2.60. The molecular weight excluding hydrogens is 654 g/mol. The third-order valence-electron chi connectivity index (χ3n) is 9.50. The highest BCUT2D eigenvalue weighted by molar-refractivity contribution is 9.09. The molecule has 1 aromatic rings. The summed E-state index contributed by atoms with van der Waals surface area (Å²) in [4.78, 5) is 58.6. The average Bonchev–Trinajstić information content (AvgIpc) is 3.63. The Morgan fingerprint density at radius 2 is 1.96 bits per heavy atom. The second-order valence-corrected chi connectivity index (χ2v) is 14.0. The number of benzene rings is 1. The minimum atomic E-state index is -1.26. The molecule has 4 rings (SSSR count). The Bertz CT molecular complexity index is 1280. The molecule has 0 radical (unpaired) electrons. The van der Waals surface area contributed by atoms with E-state index in [-0.39, 0.29) is 42.2 Å². The summed E-state index contributed by atoms with van der Waals surface area (Å²) in [5.74, 6) is -3.47. The number of nitrogens with zero attached hydrogens (tertiary/aromatic N) is 2. The predicted octanol–water partition coefficient (Wildman–Crippen LogP) is 3.93. The molecule has 2 bridgehead atoms. The van der Waals surface area contributed by atoms with Crippen molar-refractivity contribution >= 4 is 39.6 Å². The Hall–Kier alpha value is -3.02. The van der Waals surface area contributed by atoms with Crippen LogP contribution in [-0.2, 0) is 28.7 Å². The van der Waals surface area contributed by atoms with Gasteiger partial charge in [-0.2, -0.15) is 0 Å². The van der Waals surface area contributed by atoms with Gasteiger partial charge in [0.2, 0.25) is 17.7 Å². The van der Waals surface area contributed by atoms with Crippen LogP contribution in [0.25, 0.3) is 0 Å². The van der Waals surface area contributed by atoms with Gasteiger partial charge in [-0.05, 0) is 30.7 Å². The minimum Gasteiger partial charge on any atom is -0.463 e. The lowest BCUT2D eigenvalue weighted by molar-refractivity contribution is -0.152. The molecule has 3 fully saturated rings. The van der Waals surface area contributed by atoms with Crippen molar-refractivity contribution in [1.82, 2.24) is 15.1 Å². The summed E-state index contributed by atoms with van der Waals surface area (Å²) < 4.78 is 12.2. The molecule has 0 saturated carbocycles. The highest BCUT2D eigenvalue weighted by atomic mass is 79.9. The topological polar surface area (TPSA) is 125 Å². The van der Waals surface area contributed by atoms with Gasteiger partial charge in [-0.25, -0.2) is 0 Å². The van der Waals surface area contributed by atoms with Gasteiger partial charge < -0.3 is 29.7 Å². The van der Waals surface area contributed by atoms with Crippen LogP contribution in [0.2, 0.25) is 0 Å². The lowest BCUT2D eigenvalue weighted by atomic mass is 9.70. The van der Waals surface area contributed by atoms with E-state index < -0.39 is 53.5 Å². The van der Waals surface area contributed by atoms with E-state index in [1.165, 1.54) is 4.90 Å². The Morgan fingerprint density at radius 1 is 1.24 bits per heavy atom. The minimum absolute atomic E-state index is 0.0907. The van der Waals surface area contributed by atoms with Gasteiger partial charge in [0.25, 0.3) is 0 Å². The Kier molecular flexibility index (Phi) is 12.2. The molecule has 3 saturated heterocycles. The first kappa shape index (κ1) is 35.8. The SMILES string of the molecule is C=CCCC(=O)OC[C@H](NC(=O)[C@H]1[C@@H]2O[C@@]3(CC2Br)[C@@H]1C(=O)N([C@@H](CO)C(C)C)[C@@H]3C(=O)N(CC=C)CCCC)c1ccccc1. The molecular formula is C35H48BrN3O7. The van der Waals surface area contributed by atoms with Crippen LogP contribution >= 0.6 is 15.9 Å². The summed E-state index contributed by atoms with van der Waals surface area (Å²) >= 11 is 3.73. The van der Waals surface area contributed by atoms with Crippen LogP contribution in [0, 0.1) is 17.8 Å². The number of hydrogen-bond acceptors (Lipinski definition) is 7. The fraction of sp³-hybridized carbons (Fsp3) is 0.600. The van der Waals surface area contributed by atoms with Crippen molar-refractivity contribution in [3.63, 3.8) is 0 Å². The maximum atomic E-state index is 14.5. The molecule has 3 heterocycles. The molecule has 3 aliphatic heterocycles. The monoisotopic (exact) mass is 701 g/mol. The summed E-state index contributed by atoms with van der Waals surface area (Å²) in [5, 5.41) is 13.6. The summed E-state index contributed by atoms with van der Waals surface area (Å²) in [6, 6.07) is 6.86. The van der Waals surface area contributed by atoms with E-state index in [0.717, 1.165) is 18.4 Å². The van der Waals surface area contributed by atoms with Crippen LogP contribution in [-0.4, -0.2) is 93.5 Å². The van der Waals surface area contributed by atoms with E-state index in [0.29, 0.717) is 25.9 Å². The number of esters is 1. The first-order valence-electron chi connectivity index (χ1n) is 16.3. The van der Waals surface area contributed by atoms with Crippen molar-refractivity contribution in [3.05, 3.63) is 61.2 Å². The van der Waals surface area contributed by atoms with E-state index in [4.69, 9.17) is 9.47 Å². The molecule has 0 aromatic heterocycles. The number of nitrogens with one attached hydrogen (secondary N) is 1. The number of unbranched alkanes of at least 4 members (excludes halogenated alkanes) is 1. The number of aliphatic hydroxyl groups excluding tert-OH is 1. The predicted molar refractivity (Wildman–Crippen MR) is 178 cm³/mol. The van der Waals surface area contributed by atoms with E-state index in [1.54, 1.807) is 17.1 Å². The number of allylic oxidation sites excluding steroid dienone is 1. The second kappa shape index (κ2) is 15.7. The van der Waals surface area contributed by atoms with Crippen LogP contribution in [0.5, 0.6) is 0 Å². The fourth-order valence-corrected chi connectivity index (χ4v) is 8.18. The lowest BCUT2D eigenvalue weighted by Crippen LogP contribution is -2.60. The molecule has 1 unspecified atom stereocenters. The van der Waals surface area contributed by atoms with Gasteiger partial charge in [-0.3, -0.25) is 19.2 Å². The number of ether oxygens (including phenoxy) is 2. The number of hydrogen-bond donors (Lipinski definition) is 2. The number of aliphatic hydroxyl groups is 1. The van der Waals surface area contributed by atoms with Crippen molar-refractivity contribution in [2.45, 2.75) is 87.5 Å². The van der Waals surface area contributed by atoms with Gasteiger partial charge in [-0.15, -0.1) is 13.2 Å². The smallest absolute Gasteiger partial charge is 0.306 e. The number of likely N-dealkylation sites (tertiary alicyclic amines) is 1. The van der Waals surface area contributed by atoms with Crippen molar-refractivity contribution < 1.29 is 33.8 Å². The number of alkyl halides is 1. The first-order chi connectivity index (χ1) is 22.1. The van der Waals surface area contributed by atoms with Gasteiger partial charge in [0, 0.05) is 24.3 Å². The molecule has 1 spiro atoms. The Morgan fingerprint density at radius 3 is 2.57 bits per heavy atom. The zero-order chi connectivity index (χ0) is 33.6. The number of rotatable bonds is 17. The molecule has 11 heteroatoms. The standard InChI is InChI=1S/C35H48BrN3O7/c1-6-9-16-27(41)45-21-25(23-14-12-11-13-15-23)37-32(42)28-29-33(43)39(26(20-40)22(4)5)31(35(29)19-24(36)30(28)46-35)34(44)38(17-8-3)18-10-7-2/h6,8,11-15,22,24-26,28-31,40H,1,3,7,9-10,16-21H2,2,4-5H3,(H,37,42)/t24?,25-,26-,28+,29-,30+,31+,35-/m0/s1. The fourth-order valence-electron chi connectivity index (χ4n) is 7.24. The summed E-state index contributed by atoms with van der Waals surface area (Å²) in [6.07, 6.45) is 5.32. The summed E-state index contributed by atoms with van der Waals surface area (Å²) in [5.41, 5.74) is -0.521. The maximum Gasteiger partial charge on any atom is 0.306 e. The molecule has 10 nitrogen and oxygen atoms in total. The van der Waals surface area contributed by atoms with Crippen molar-refractivity contribution in [3.8, 4) is 0 Å². The van der Waals surface area contributed by atoms with Gasteiger partial charge in [0.15, 0.2) is 0 Å². The van der Waals surface area contributed by atoms with Crippen LogP contribution in [0.4, 0.5) is 0 Å². The molecule has 2 N–H and O–H groups in total. The average molecular weight is 703 g/mol. The maximum absolute atomic E-state index is 14.5. The third kappa shape index (κ3) is 6.96. The normalized spacial score (nSPS) is 27.7. The highest BCUT2D eigenvalue weighted by Gasteiger charge is 2.77. The number of carbonyl (C=O) groups excluding carboxylic acids is 4. The molecule has 8 atom stereocenters. The number of fused-ring (bicyclic) bond motifs is 1. The van der Waals surface area contributed by atoms with Crippen molar-refractivity contribution in [2.24, 2.45) is 17.8 Å². The van der Waals surface area contributed by atoms with Crippen LogP contribution in [0.1, 0.15) is 64.5 Å². The molecule has 3 aliphatic rings. The second-order valence-electron chi connectivity index (χ2n) is 12.8. The van der Waals surface area contributed by atoms with Crippen molar-refractivity contribution in [1.29, 1.82) is 0 Å². The van der Waals surface area contributed by atoms with E-state index in [9.17, 15) is 24.3 Å².